The predicted octanol–water partition coefficient (Wildman–Crippen LogP) is 3.13. The number of nitrogens with one attached hydrogen (secondary N) is 1. The molecule has 1 N–H and O–H groups in total. The SMILES string of the molecule is COc1cccc(OC)c1C(=O)OCC(=O)Nc1cc(C)nn1-c1ccc(F)cc1. The molecule has 2 aromatic carbocycles. The van der Waals surface area contributed by atoms with Crippen LogP contribution in [0.4, 0.5) is 10.2 Å². The first kappa shape index (κ1) is 20.8. The number of amides is 1. The van der Waals surface area contributed by atoms with Gasteiger partial charge in [-0.1, -0.05) is 6.07 Å². The average Bonchev–Trinajstić information content (AvgIpc) is 3.11. The third kappa shape index (κ3) is 4.57. The number of ether oxygens (including phenoxy) is 3. The van der Waals surface area contributed by atoms with Crippen LogP contribution in [0.25, 0.3) is 5.69 Å². The topological polar surface area (TPSA) is 91.7 Å². The summed E-state index contributed by atoms with van der Waals surface area (Å²) in [7, 11) is 2.83. The maximum absolute atomic E-state index is 13.2. The van der Waals surface area contributed by atoms with Gasteiger partial charge in [-0.2, -0.15) is 5.10 Å². The number of hydrogen-bond donors (Lipinski definition) is 1. The van der Waals surface area contributed by atoms with Crippen molar-refractivity contribution in [1.29, 1.82) is 0 Å². The summed E-state index contributed by atoms with van der Waals surface area (Å²) in [4.78, 5) is 24.8. The lowest BCUT2D eigenvalue weighted by Crippen LogP contribution is -2.22. The number of nitrogens with zero attached hydrogens (tertiary/aromatic N) is 2. The minimum absolute atomic E-state index is 0.0856. The Morgan fingerprint density at radius 3 is 2.30 bits per heavy atom. The molecular weight excluding hydrogens is 393 g/mol. The third-order valence-corrected chi connectivity index (χ3v) is 4.14. The lowest BCUT2D eigenvalue weighted by molar-refractivity contribution is -0.119. The molecule has 3 rings (SSSR count). The van der Waals surface area contributed by atoms with Crippen molar-refractivity contribution in [2.45, 2.75) is 6.92 Å². The number of halogens is 1. The van der Waals surface area contributed by atoms with Gasteiger partial charge in [0.15, 0.2) is 6.61 Å². The van der Waals surface area contributed by atoms with Gasteiger partial charge in [-0.25, -0.2) is 13.9 Å². The first-order valence-corrected chi connectivity index (χ1v) is 8.93. The zero-order valence-corrected chi connectivity index (χ0v) is 16.6. The van der Waals surface area contributed by atoms with Crippen LogP contribution in [0.1, 0.15) is 16.1 Å². The van der Waals surface area contributed by atoms with Gasteiger partial charge in [0.05, 0.1) is 25.6 Å². The molecule has 0 aliphatic heterocycles. The lowest BCUT2D eigenvalue weighted by atomic mass is 10.2. The van der Waals surface area contributed by atoms with Crippen molar-refractivity contribution in [2.75, 3.05) is 26.1 Å². The number of benzene rings is 2. The molecule has 0 fully saturated rings. The number of aryl methyl sites for hydroxylation is 1. The Kier molecular flexibility index (Phi) is 6.31. The molecule has 0 atom stereocenters. The molecule has 0 aliphatic rings. The molecule has 156 valence electrons. The van der Waals surface area contributed by atoms with Crippen molar-refractivity contribution in [3.63, 3.8) is 0 Å². The number of rotatable bonds is 7. The van der Waals surface area contributed by atoms with Crippen LogP contribution in [0, 0.1) is 12.7 Å². The summed E-state index contributed by atoms with van der Waals surface area (Å²) in [6.07, 6.45) is 0. The average molecular weight is 413 g/mol. The summed E-state index contributed by atoms with van der Waals surface area (Å²) in [5.74, 6) is -0.820. The standard InChI is InChI=1S/C21H20FN3O5/c1-13-11-18(25(24-13)15-9-7-14(22)8-10-15)23-19(26)12-30-21(27)20-16(28-2)5-4-6-17(20)29-3/h4-11H,12H2,1-3H3,(H,23,26). The van der Waals surface area contributed by atoms with Crippen molar-refractivity contribution in [3.8, 4) is 17.2 Å². The summed E-state index contributed by atoms with van der Waals surface area (Å²) in [5.41, 5.74) is 1.29. The van der Waals surface area contributed by atoms with Gasteiger partial charge in [-0.3, -0.25) is 4.79 Å². The highest BCUT2D eigenvalue weighted by Gasteiger charge is 2.21. The smallest absolute Gasteiger partial charge is 0.346 e. The number of esters is 1. The van der Waals surface area contributed by atoms with Crippen LogP contribution >= 0.6 is 0 Å². The van der Waals surface area contributed by atoms with Gasteiger partial charge in [0, 0.05) is 6.07 Å². The van der Waals surface area contributed by atoms with Gasteiger partial charge >= 0.3 is 5.97 Å². The van der Waals surface area contributed by atoms with E-state index in [0.717, 1.165) is 0 Å². The number of anilines is 1. The Labute approximate surface area is 172 Å². The third-order valence-electron chi connectivity index (χ3n) is 4.14. The van der Waals surface area contributed by atoms with E-state index in [1.54, 1.807) is 31.2 Å². The van der Waals surface area contributed by atoms with Crippen molar-refractivity contribution in [3.05, 3.63) is 65.6 Å². The Balaban J connectivity index is 1.70. The minimum Gasteiger partial charge on any atom is -0.496 e. The van der Waals surface area contributed by atoms with Crippen molar-refractivity contribution < 1.29 is 28.2 Å². The van der Waals surface area contributed by atoms with Crippen molar-refractivity contribution >= 4 is 17.7 Å². The molecule has 0 saturated heterocycles. The number of hydrogen-bond acceptors (Lipinski definition) is 6. The molecule has 1 heterocycles. The fourth-order valence-electron chi connectivity index (χ4n) is 2.80. The quantitative estimate of drug-likeness (QED) is 0.599. The van der Waals surface area contributed by atoms with Crippen molar-refractivity contribution in [1.82, 2.24) is 9.78 Å². The molecule has 1 aromatic heterocycles. The molecule has 3 aromatic rings. The van der Waals surface area contributed by atoms with Crippen LogP contribution in [0.3, 0.4) is 0 Å². The molecule has 0 aliphatic carbocycles. The van der Waals surface area contributed by atoms with Crippen LogP contribution in [0.15, 0.2) is 48.5 Å². The normalized spacial score (nSPS) is 10.4. The van der Waals surface area contributed by atoms with Gasteiger partial charge in [0.2, 0.25) is 0 Å². The fraction of sp³-hybridized carbons (Fsp3) is 0.190. The summed E-state index contributed by atoms with van der Waals surface area (Å²) < 4.78 is 30.1. The van der Waals surface area contributed by atoms with E-state index in [-0.39, 0.29) is 22.9 Å². The lowest BCUT2D eigenvalue weighted by Gasteiger charge is -2.13. The first-order chi connectivity index (χ1) is 14.4. The van der Waals surface area contributed by atoms with E-state index in [1.165, 1.54) is 43.2 Å². The highest BCUT2D eigenvalue weighted by atomic mass is 19.1. The zero-order chi connectivity index (χ0) is 21.7. The molecule has 9 heteroatoms. The summed E-state index contributed by atoms with van der Waals surface area (Å²) in [5, 5.41) is 6.93. The van der Waals surface area contributed by atoms with E-state index >= 15 is 0 Å². The van der Waals surface area contributed by atoms with Gasteiger partial charge < -0.3 is 19.5 Å². The monoisotopic (exact) mass is 413 g/mol. The zero-order valence-electron chi connectivity index (χ0n) is 16.6. The second-order valence-electron chi connectivity index (χ2n) is 6.22. The maximum atomic E-state index is 13.2. The van der Waals surface area contributed by atoms with Crippen molar-refractivity contribution in [2.24, 2.45) is 0 Å². The molecule has 0 bridgehead atoms. The molecule has 0 radical (unpaired) electrons. The van der Waals surface area contributed by atoms with E-state index in [2.05, 4.69) is 10.4 Å². The fourth-order valence-corrected chi connectivity index (χ4v) is 2.80. The van der Waals surface area contributed by atoms with Gasteiger partial charge in [0.25, 0.3) is 5.91 Å². The summed E-state index contributed by atoms with van der Waals surface area (Å²) in [6.45, 7) is 1.22. The molecule has 0 saturated carbocycles. The molecule has 1 amide bonds. The summed E-state index contributed by atoms with van der Waals surface area (Å²) in [6, 6.07) is 12.1. The predicted molar refractivity (Wildman–Crippen MR) is 107 cm³/mol. The summed E-state index contributed by atoms with van der Waals surface area (Å²) >= 11 is 0. The number of methoxy groups -OCH3 is 2. The largest absolute Gasteiger partial charge is 0.496 e. The molecule has 30 heavy (non-hydrogen) atoms. The Morgan fingerprint density at radius 2 is 1.70 bits per heavy atom. The molecule has 8 nitrogen and oxygen atoms in total. The highest BCUT2D eigenvalue weighted by Crippen LogP contribution is 2.28. The van der Waals surface area contributed by atoms with E-state index in [0.29, 0.717) is 17.2 Å². The van der Waals surface area contributed by atoms with E-state index in [9.17, 15) is 14.0 Å². The Bertz CT molecular complexity index is 1040. The van der Waals surface area contributed by atoms with E-state index < -0.39 is 18.5 Å². The Morgan fingerprint density at radius 1 is 1.07 bits per heavy atom. The number of carbonyl (C=O) groups is 2. The van der Waals surface area contributed by atoms with Crippen LogP contribution in [0.5, 0.6) is 11.5 Å². The van der Waals surface area contributed by atoms with Crippen LogP contribution in [0.2, 0.25) is 0 Å². The highest BCUT2D eigenvalue weighted by molar-refractivity contribution is 5.98. The van der Waals surface area contributed by atoms with E-state index in [1.807, 2.05) is 0 Å². The Hall–Kier alpha value is -3.88. The van der Waals surface area contributed by atoms with Crippen LogP contribution < -0.4 is 14.8 Å². The van der Waals surface area contributed by atoms with Gasteiger partial charge in [0.1, 0.15) is 28.7 Å². The van der Waals surface area contributed by atoms with Gasteiger partial charge in [-0.05, 0) is 43.3 Å². The maximum Gasteiger partial charge on any atom is 0.346 e. The second-order valence-corrected chi connectivity index (χ2v) is 6.22. The van der Waals surface area contributed by atoms with E-state index in [4.69, 9.17) is 14.2 Å². The molecule has 0 spiro atoms. The molecular formula is C21H20FN3O5. The number of aromatic nitrogens is 2. The number of carbonyl (C=O) groups excluding carboxylic acids is 2. The minimum atomic E-state index is -0.761. The van der Waals surface area contributed by atoms with Gasteiger partial charge in [-0.15, -0.1) is 0 Å². The second kappa shape index (κ2) is 9.08. The molecule has 0 unspecified atom stereocenters. The van der Waals surface area contributed by atoms with Crippen LogP contribution in [-0.4, -0.2) is 42.5 Å². The van der Waals surface area contributed by atoms with Crippen LogP contribution in [-0.2, 0) is 9.53 Å². The first-order valence-electron chi connectivity index (χ1n) is 8.93.